The van der Waals surface area contributed by atoms with Crippen LogP contribution in [0.15, 0.2) is 28.9 Å². The predicted octanol–water partition coefficient (Wildman–Crippen LogP) is 4.44. The van der Waals surface area contributed by atoms with Gasteiger partial charge in [-0.1, -0.05) is 42.3 Å². The Hall–Kier alpha value is -0.550. The van der Waals surface area contributed by atoms with Crippen molar-refractivity contribution in [2.45, 2.75) is 26.0 Å². The standard InChI is InChI=1S/C13H13BrCl2N2O/c1-2-6-18-12(10(15)7-17-18)13(19)8-4-3-5-9(14)11(8)16/h3-5,7,13,19H,2,6H2,1H3. The van der Waals surface area contributed by atoms with Gasteiger partial charge in [0, 0.05) is 16.6 Å². The molecule has 0 aliphatic heterocycles. The highest BCUT2D eigenvalue weighted by atomic mass is 79.9. The Balaban J connectivity index is 2.46. The smallest absolute Gasteiger partial charge is 0.124 e. The Kier molecular flexibility index (Phi) is 4.90. The van der Waals surface area contributed by atoms with Gasteiger partial charge in [-0.15, -0.1) is 0 Å². The van der Waals surface area contributed by atoms with Crippen molar-refractivity contribution in [1.29, 1.82) is 0 Å². The fourth-order valence-electron chi connectivity index (χ4n) is 1.91. The number of hydrogen-bond acceptors (Lipinski definition) is 2. The van der Waals surface area contributed by atoms with Crippen LogP contribution in [0.25, 0.3) is 0 Å². The molecule has 0 saturated carbocycles. The van der Waals surface area contributed by atoms with Crippen LogP contribution in [0.5, 0.6) is 0 Å². The molecule has 0 aliphatic carbocycles. The number of aliphatic hydroxyl groups is 1. The molecule has 0 spiro atoms. The van der Waals surface area contributed by atoms with E-state index < -0.39 is 6.10 Å². The van der Waals surface area contributed by atoms with E-state index in [4.69, 9.17) is 23.2 Å². The van der Waals surface area contributed by atoms with E-state index in [1.54, 1.807) is 16.9 Å². The van der Waals surface area contributed by atoms with E-state index >= 15 is 0 Å². The molecule has 1 N–H and O–H groups in total. The Bertz CT molecular complexity index is 586. The highest BCUT2D eigenvalue weighted by Gasteiger charge is 2.22. The molecule has 1 heterocycles. The zero-order valence-corrected chi connectivity index (χ0v) is 13.4. The molecule has 0 bridgehead atoms. The number of nitrogens with zero attached hydrogens (tertiary/aromatic N) is 2. The molecule has 0 radical (unpaired) electrons. The topological polar surface area (TPSA) is 38.0 Å². The van der Waals surface area contributed by atoms with E-state index in [0.29, 0.717) is 27.8 Å². The molecular weight excluding hydrogens is 351 g/mol. The molecule has 2 rings (SSSR count). The molecule has 0 saturated heterocycles. The quantitative estimate of drug-likeness (QED) is 0.871. The molecule has 19 heavy (non-hydrogen) atoms. The summed E-state index contributed by atoms with van der Waals surface area (Å²) in [7, 11) is 0. The number of hydrogen-bond donors (Lipinski definition) is 1. The van der Waals surface area contributed by atoms with Crippen molar-refractivity contribution < 1.29 is 5.11 Å². The molecule has 1 atom stereocenters. The number of aryl methyl sites for hydroxylation is 1. The lowest BCUT2D eigenvalue weighted by Crippen LogP contribution is -2.11. The molecule has 102 valence electrons. The van der Waals surface area contributed by atoms with E-state index in [0.717, 1.165) is 10.9 Å². The molecular formula is C13H13BrCl2N2O. The Morgan fingerprint density at radius 3 is 2.84 bits per heavy atom. The van der Waals surface area contributed by atoms with Crippen LogP contribution in [0.4, 0.5) is 0 Å². The maximum atomic E-state index is 10.5. The van der Waals surface area contributed by atoms with Gasteiger partial charge in [0.15, 0.2) is 0 Å². The van der Waals surface area contributed by atoms with Gasteiger partial charge in [-0.3, -0.25) is 4.68 Å². The number of rotatable bonds is 4. The van der Waals surface area contributed by atoms with Crippen LogP contribution < -0.4 is 0 Å². The van der Waals surface area contributed by atoms with Crippen LogP contribution in [0.3, 0.4) is 0 Å². The zero-order valence-electron chi connectivity index (χ0n) is 10.3. The highest BCUT2D eigenvalue weighted by Crippen LogP contribution is 2.35. The SMILES string of the molecule is CCCn1ncc(Cl)c1C(O)c1cccc(Br)c1Cl. The fraction of sp³-hybridized carbons (Fsp3) is 0.308. The minimum atomic E-state index is -0.897. The van der Waals surface area contributed by atoms with Gasteiger partial charge in [0.1, 0.15) is 6.10 Å². The summed E-state index contributed by atoms with van der Waals surface area (Å²) in [6.45, 7) is 2.74. The van der Waals surface area contributed by atoms with Crippen LogP contribution >= 0.6 is 39.1 Å². The molecule has 0 amide bonds. The third kappa shape index (κ3) is 2.97. The first kappa shape index (κ1) is 14.9. The van der Waals surface area contributed by atoms with Crippen molar-refractivity contribution in [1.82, 2.24) is 9.78 Å². The number of halogens is 3. The second kappa shape index (κ2) is 6.27. The lowest BCUT2D eigenvalue weighted by molar-refractivity contribution is 0.207. The van der Waals surface area contributed by atoms with Gasteiger partial charge in [0.2, 0.25) is 0 Å². The van der Waals surface area contributed by atoms with Crippen molar-refractivity contribution in [2.24, 2.45) is 0 Å². The molecule has 2 aromatic rings. The number of benzene rings is 1. The summed E-state index contributed by atoms with van der Waals surface area (Å²) >= 11 is 15.7. The van der Waals surface area contributed by atoms with Gasteiger partial charge < -0.3 is 5.11 Å². The third-order valence-electron chi connectivity index (χ3n) is 2.80. The summed E-state index contributed by atoms with van der Waals surface area (Å²) in [5.74, 6) is 0. The van der Waals surface area contributed by atoms with Crippen molar-refractivity contribution in [3.63, 3.8) is 0 Å². The molecule has 0 aliphatic rings. The average Bonchev–Trinajstić information content (AvgIpc) is 2.74. The van der Waals surface area contributed by atoms with Crippen molar-refractivity contribution in [3.05, 3.63) is 50.2 Å². The summed E-state index contributed by atoms with van der Waals surface area (Å²) < 4.78 is 2.45. The first-order valence-electron chi connectivity index (χ1n) is 5.89. The molecule has 3 nitrogen and oxygen atoms in total. The Morgan fingerprint density at radius 2 is 2.16 bits per heavy atom. The van der Waals surface area contributed by atoms with E-state index in [1.165, 1.54) is 0 Å². The van der Waals surface area contributed by atoms with Crippen molar-refractivity contribution in [2.75, 3.05) is 0 Å². The summed E-state index contributed by atoms with van der Waals surface area (Å²) in [5, 5.41) is 15.6. The van der Waals surface area contributed by atoms with Crippen LogP contribution in [0.1, 0.15) is 30.7 Å². The van der Waals surface area contributed by atoms with E-state index in [9.17, 15) is 5.11 Å². The third-order valence-corrected chi connectivity index (χ3v) is 4.41. The van der Waals surface area contributed by atoms with Crippen LogP contribution in [-0.2, 0) is 6.54 Å². The fourth-order valence-corrected chi connectivity index (χ4v) is 2.77. The summed E-state index contributed by atoms with van der Waals surface area (Å²) in [5.41, 5.74) is 1.18. The summed E-state index contributed by atoms with van der Waals surface area (Å²) in [4.78, 5) is 0. The van der Waals surface area contributed by atoms with E-state index in [1.807, 2.05) is 19.1 Å². The molecule has 0 fully saturated rings. The van der Waals surface area contributed by atoms with Crippen LogP contribution in [0, 0.1) is 0 Å². The molecule has 1 aromatic carbocycles. The number of aliphatic hydroxyl groups excluding tert-OH is 1. The van der Waals surface area contributed by atoms with E-state index in [2.05, 4.69) is 21.0 Å². The second-order valence-electron chi connectivity index (χ2n) is 4.15. The summed E-state index contributed by atoms with van der Waals surface area (Å²) in [6.07, 6.45) is 1.55. The molecule has 6 heteroatoms. The Labute approximate surface area is 130 Å². The van der Waals surface area contributed by atoms with Gasteiger partial charge in [-0.2, -0.15) is 5.10 Å². The zero-order chi connectivity index (χ0) is 14.0. The van der Waals surface area contributed by atoms with E-state index in [-0.39, 0.29) is 0 Å². The lowest BCUT2D eigenvalue weighted by Gasteiger charge is -2.16. The van der Waals surface area contributed by atoms with Crippen LogP contribution in [0.2, 0.25) is 10.0 Å². The lowest BCUT2D eigenvalue weighted by atomic mass is 10.1. The maximum Gasteiger partial charge on any atom is 0.124 e. The van der Waals surface area contributed by atoms with Gasteiger partial charge in [0.05, 0.1) is 21.9 Å². The normalized spacial score (nSPS) is 12.7. The maximum absolute atomic E-state index is 10.5. The van der Waals surface area contributed by atoms with Gasteiger partial charge in [-0.05, 0) is 28.4 Å². The predicted molar refractivity (Wildman–Crippen MR) is 80.7 cm³/mol. The highest BCUT2D eigenvalue weighted by molar-refractivity contribution is 9.10. The van der Waals surface area contributed by atoms with Crippen LogP contribution in [-0.4, -0.2) is 14.9 Å². The second-order valence-corrected chi connectivity index (χ2v) is 5.79. The Morgan fingerprint density at radius 1 is 1.42 bits per heavy atom. The molecule has 1 unspecified atom stereocenters. The van der Waals surface area contributed by atoms with Crippen molar-refractivity contribution >= 4 is 39.1 Å². The summed E-state index contributed by atoms with van der Waals surface area (Å²) in [6, 6.07) is 5.42. The monoisotopic (exact) mass is 362 g/mol. The van der Waals surface area contributed by atoms with Crippen molar-refractivity contribution in [3.8, 4) is 0 Å². The molecule has 1 aromatic heterocycles. The first-order valence-corrected chi connectivity index (χ1v) is 7.44. The minimum absolute atomic E-state index is 0.442. The minimum Gasteiger partial charge on any atom is -0.382 e. The average molecular weight is 364 g/mol. The first-order chi connectivity index (χ1) is 9.06. The largest absolute Gasteiger partial charge is 0.382 e. The van der Waals surface area contributed by atoms with Gasteiger partial charge in [0.25, 0.3) is 0 Å². The van der Waals surface area contributed by atoms with Gasteiger partial charge >= 0.3 is 0 Å². The number of aromatic nitrogens is 2. The van der Waals surface area contributed by atoms with Gasteiger partial charge in [-0.25, -0.2) is 0 Å².